The first-order valence-electron chi connectivity index (χ1n) is 13.9. The van der Waals surface area contributed by atoms with Crippen molar-refractivity contribution in [3.05, 3.63) is 128 Å². The highest BCUT2D eigenvalue weighted by atomic mass is 15.0. The van der Waals surface area contributed by atoms with E-state index in [1.165, 1.54) is 33.8 Å². The molecule has 0 aliphatic carbocycles. The maximum atomic E-state index is 4.98. The monoisotopic (exact) mass is 516 g/mol. The van der Waals surface area contributed by atoms with Crippen LogP contribution in [0.5, 0.6) is 0 Å². The summed E-state index contributed by atoms with van der Waals surface area (Å²) in [5, 5.41) is 2.53. The number of allylic oxidation sites excluding steroid dienone is 4. The molecule has 0 saturated carbocycles. The Hall–Kier alpha value is -4.17. The molecule has 0 spiro atoms. The molecule has 2 nitrogen and oxygen atoms in total. The predicted octanol–water partition coefficient (Wildman–Crippen LogP) is 11.4. The number of hydrogen-bond donors (Lipinski definition) is 0. The van der Waals surface area contributed by atoms with Crippen molar-refractivity contribution < 1.29 is 0 Å². The third kappa shape index (κ3) is 7.67. The summed E-state index contributed by atoms with van der Waals surface area (Å²) in [5.41, 5.74) is 8.88. The molecule has 0 amide bonds. The Labute approximate surface area is 236 Å². The highest BCUT2D eigenvalue weighted by molar-refractivity contribution is 6.09. The van der Waals surface area contributed by atoms with Crippen LogP contribution in [-0.4, -0.2) is 9.55 Å². The quantitative estimate of drug-likeness (QED) is 0.171. The minimum absolute atomic E-state index is 0.953. The molecule has 39 heavy (non-hydrogen) atoms. The first-order chi connectivity index (χ1) is 19.0. The third-order valence-corrected chi connectivity index (χ3v) is 5.74. The Morgan fingerprint density at radius 1 is 0.821 bits per heavy atom. The van der Waals surface area contributed by atoms with Gasteiger partial charge in [-0.2, -0.15) is 0 Å². The lowest BCUT2D eigenvalue weighted by Gasteiger charge is -2.13. The number of para-hydroxylation sites is 1. The van der Waals surface area contributed by atoms with E-state index < -0.39 is 0 Å². The van der Waals surface area contributed by atoms with Crippen LogP contribution in [0.3, 0.4) is 0 Å². The standard InChI is InChI=1S/C29H24N2.C3H8.C3H6.C2H6/c1-4-10-21(3)26-18-23(19-27(30-26)22-11-6-5-7-12-22)31-28-14-9-8-13-24(28)25-17-20(2)15-16-29(25)31;2*1-3-2;1-2/h4-19H,1H2,2-3H3;3H2,1-2H3;3H,1H2,2H3;1-2H3/b21-10+;;;. The summed E-state index contributed by atoms with van der Waals surface area (Å²) >= 11 is 0. The van der Waals surface area contributed by atoms with E-state index in [1.807, 2.05) is 39.0 Å². The molecule has 0 aliphatic rings. The van der Waals surface area contributed by atoms with Crippen molar-refractivity contribution in [2.45, 2.75) is 54.9 Å². The fraction of sp³-hybridized carbons (Fsp3) is 0.216. The summed E-state index contributed by atoms with van der Waals surface area (Å²) in [6.45, 7) is 21.6. The summed E-state index contributed by atoms with van der Waals surface area (Å²) in [6, 6.07) is 30.0. The first-order valence-corrected chi connectivity index (χ1v) is 13.9. The molecule has 3 aromatic carbocycles. The fourth-order valence-corrected chi connectivity index (χ4v) is 4.23. The Kier molecular flexibility index (Phi) is 12.7. The third-order valence-electron chi connectivity index (χ3n) is 5.74. The molecular weight excluding hydrogens is 472 g/mol. The van der Waals surface area contributed by atoms with Crippen LogP contribution in [0, 0.1) is 6.92 Å². The van der Waals surface area contributed by atoms with Crippen molar-refractivity contribution in [1.29, 1.82) is 0 Å². The summed E-state index contributed by atoms with van der Waals surface area (Å²) in [4.78, 5) is 4.98. The maximum Gasteiger partial charge on any atom is 0.0730 e. The normalized spacial score (nSPS) is 10.4. The van der Waals surface area contributed by atoms with Gasteiger partial charge in [0.1, 0.15) is 0 Å². The lowest BCUT2D eigenvalue weighted by Crippen LogP contribution is -1.99. The van der Waals surface area contributed by atoms with Crippen molar-refractivity contribution in [2.24, 2.45) is 0 Å². The molecule has 0 fully saturated rings. The van der Waals surface area contributed by atoms with Crippen LogP contribution in [0.2, 0.25) is 0 Å². The van der Waals surface area contributed by atoms with Gasteiger partial charge in [-0.05, 0) is 56.7 Å². The summed E-state index contributed by atoms with van der Waals surface area (Å²) in [7, 11) is 0. The molecule has 0 bridgehead atoms. The van der Waals surface area contributed by atoms with Gasteiger partial charge in [0.25, 0.3) is 0 Å². The second-order valence-corrected chi connectivity index (χ2v) is 9.04. The van der Waals surface area contributed by atoms with E-state index in [9.17, 15) is 0 Å². The maximum absolute atomic E-state index is 4.98. The Balaban J connectivity index is 0.000000602. The van der Waals surface area contributed by atoms with E-state index in [4.69, 9.17) is 4.98 Å². The molecule has 5 aromatic rings. The van der Waals surface area contributed by atoms with E-state index in [0.29, 0.717) is 0 Å². The van der Waals surface area contributed by atoms with Gasteiger partial charge in [-0.25, -0.2) is 4.98 Å². The van der Waals surface area contributed by atoms with E-state index >= 15 is 0 Å². The zero-order valence-electron chi connectivity index (χ0n) is 24.8. The molecule has 5 rings (SSSR count). The SMILES string of the molecule is C=C/C=C(\C)c1cc(-n2c3ccccc3c3cc(C)ccc32)cc(-c2ccccc2)n1.C=CC.CC.CCC. The zero-order valence-corrected chi connectivity index (χ0v) is 24.8. The molecular formula is C37H44N2. The summed E-state index contributed by atoms with van der Waals surface area (Å²) in [6.07, 6.45) is 6.82. The van der Waals surface area contributed by atoms with Gasteiger partial charge >= 0.3 is 0 Å². The predicted molar refractivity (Wildman–Crippen MR) is 176 cm³/mol. The van der Waals surface area contributed by atoms with Gasteiger partial charge in [-0.1, -0.05) is 119 Å². The van der Waals surface area contributed by atoms with Gasteiger partial charge in [0.2, 0.25) is 0 Å². The lowest BCUT2D eigenvalue weighted by molar-refractivity contribution is 1.09. The molecule has 2 heterocycles. The van der Waals surface area contributed by atoms with Crippen molar-refractivity contribution in [3.8, 4) is 16.9 Å². The van der Waals surface area contributed by atoms with Gasteiger partial charge in [0.15, 0.2) is 0 Å². The number of pyridine rings is 1. The van der Waals surface area contributed by atoms with Gasteiger partial charge in [-0.3, -0.25) is 0 Å². The van der Waals surface area contributed by atoms with Gasteiger partial charge in [0.05, 0.1) is 28.1 Å². The molecule has 0 saturated heterocycles. The first kappa shape index (κ1) is 31.1. The molecule has 0 radical (unpaired) electrons. The average molecular weight is 517 g/mol. The van der Waals surface area contributed by atoms with E-state index in [1.54, 1.807) is 6.08 Å². The zero-order chi connectivity index (χ0) is 28.8. The Bertz CT molecular complexity index is 1520. The smallest absolute Gasteiger partial charge is 0.0730 e. The molecule has 2 heteroatoms. The molecule has 0 atom stereocenters. The van der Waals surface area contributed by atoms with Crippen molar-refractivity contribution in [3.63, 3.8) is 0 Å². The number of rotatable bonds is 4. The highest BCUT2D eigenvalue weighted by Crippen LogP contribution is 2.34. The molecule has 0 N–H and O–H groups in total. The van der Waals surface area contributed by atoms with Crippen LogP contribution in [0.4, 0.5) is 0 Å². The van der Waals surface area contributed by atoms with E-state index in [2.05, 4.69) is 124 Å². The van der Waals surface area contributed by atoms with Crippen molar-refractivity contribution >= 4 is 27.4 Å². The number of hydrogen-bond acceptors (Lipinski definition) is 1. The van der Waals surface area contributed by atoms with Gasteiger partial charge in [-0.15, -0.1) is 6.58 Å². The second kappa shape index (κ2) is 15.9. The Morgan fingerprint density at radius 2 is 1.41 bits per heavy atom. The number of benzene rings is 3. The molecule has 0 aliphatic heterocycles. The highest BCUT2D eigenvalue weighted by Gasteiger charge is 2.14. The second-order valence-electron chi connectivity index (χ2n) is 9.04. The largest absolute Gasteiger partial charge is 0.309 e. The van der Waals surface area contributed by atoms with Crippen LogP contribution < -0.4 is 0 Å². The average Bonchev–Trinajstić information content (AvgIpc) is 3.29. The minimum Gasteiger partial charge on any atom is -0.309 e. The van der Waals surface area contributed by atoms with Crippen LogP contribution in [0.15, 0.2) is 116 Å². The number of aryl methyl sites for hydroxylation is 1. The van der Waals surface area contributed by atoms with Crippen LogP contribution in [0.1, 0.15) is 59.2 Å². The lowest BCUT2D eigenvalue weighted by atomic mass is 10.1. The minimum atomic E-state index is 0.953. The van der Waals surface area contributed by atoms with Crippen LogP contribution >= 0.6 is 0 Å². The summed E-state index contributed by atoms with van der Waals surface area (Å²) in [5.74, 6) is 0. The van der Waals surface area contributed by atoms with Crippen molar-refractivity contribution in [1.82, 2.24) is 9.55 Å². The van der Waals surface area contributed by atoms with Gasteiger partial charge < -0.3 is 4.57 Å². The fourth-order valence-electron chi connectivity index (χ4n) is 4.23. The molecule has 0 unspecified atom stereocenters. The van der Waals surface area contributed by atoms with Gasteiger partial charge in [0, 0.05) is 16.3 Å². The molecule has 2 aromatic heterocycles. The molecule has 202 valence electrons. The number of nitrogens with zero attached hydrogens (tertiary/aromatic N) is 2. The Morgan fingerprint density at radius 3 is 2.05 bits per heavy atom. The topological polar surface area (TPSA) is 17.8 Å². The van der Waals surface area contributed by atoms with E-state index in [-0.39, 0.29) is 0 Å². The van der Waals surface area contributed by atoms with E-state index in [0.717, 1.165) is 28.2 Å². The number of fused-ring (bicyclic) bond motifs is 3. The summed E-state index contributed by atoms with van der Waals surface area (Å²) < 4.78 is 2.35. The number of aromatic nitrogens is 2. The van der Waals surface area contributed by atoms with Crippen LogP contribution in [0.25, 0.3) is 44.3 Å². The van der Waals surface area contributed by atoms with Crippen LogP contribution in [-0.2, 0) is 0 Å². The van der Waals surface area contributed by atoms with Crippen molar-refractivity contribution in [2.75, 3.05) is 0 Å².